The van der Waals surface area contributed by atoms with Crippen LogP contribution in [0.3, 0.4) is 0 Å². The first-order valence-corrected chi connectivity index (χ1v) is 8.07. The van der Waals surface area contributed by atoms with Gasteiger partial charge in [0.15, 0.2) is 5.69 Å². The maximum atomic E-state index is 11.6. The minimum Gasteiger partial charge on any atom is -0.392 e. The van der Waals surface area contributed by atoms with Gasteiger partial charge in [-0.05, 0) is 49.9 Å². The lowest BCUT2D eigenvalue weighted by molar-refractivity contribution is -0.392. The van der Waals surface area contributed by atoms with Crippen LogP contribution in [0.15, 0.2) is 24.3 Å². The molecule has 8 nitrogen and oxygen atoms in total. The number of aliphatic hydroxyl groups is 1. The van der Waals surface area contributed by atoms with Crippen molar-refractivity contribution in [3.63, 3.8) is 0 Å². The number of nitro groups is 2. The highest BCUT2D eigenvalue weighted by molar-refractivity contribution is 5.78. The van der Waals surface area contributed by atoms with E-state index in [9.17, 15) is 25.3 Å². The number of benzene rings is 2. The van der Waals surface area contributed by atoms with Crippen LogP contribution in [0.4, 0.5) is 17.1 Å². The summed E-state index contributed by atoms with van der Waals surface area (Å²) in [5.41, 5.74) is 2.38. The molecule has 1 unspecified atom stereocenters. The molecule has 0 saturated heterocycles. The molecule has 2 rings (SSSR count). The minimum absolute atomic E-state index is 0.150. The quantitative estimate of drug-likeness (QED) is 0.592. The van der Waals surface area contributed by atoms with Gasteiger partial charge in [0, 0.05) is 17.7 Å². The van der Waals surface area contributed by atoms with E-state index >= 15 is 0 Å². The Morgan fingerprint density at radius 1 is 1.12 bits per heavy atom. The Kier molecular flexibility index (Phi) is 5.56. The van der Waals surface area contributed by atoms with E-state index in [1.807, 2.05) is 32.0 Å². The zero-order valence-corrected chi connectivity index (χ0v) is 15.1. The van der Waals surface area contributed by atoms with Gasteiger partial charge < -0.3 is 10.4 Å². The second-order valence-electron chi connectivity index (χ2n) is 6.23. The fourth-order valence-corrected chi connectivity index (χ4v) is 3.02. The fraction of sp³-hybridized carbons (Fsp3) is 0.333. The summed E-state index contributed by atoms with van der Waals surface area (Å²) in [7, 11) is 0. The maximum absolute atomic E-state index is 11.6. The van der Waals surface area contributed by atoms with Gasteiger partial charge in [-0.2, -0.15) is 0 Å². The summed E-state index contributed by atoms with van der Waals surface area (Å²) < 4.78 is 0. The average molecular weight is 359 g/mol. The molecular weight excluding hydrogens is 338 g/mol. The number of hydrogen-bond donors (Lipinski definition) is 2. The highest BCUT2D eigenvalue weighted by atomic mass is 16.6. The average Bonchev–Trinajstić information content (AvgIpc) is 2.56. The lowest BCUT2D eigenvalue weighted by Gasteiger charge is -2.20. The summed E-state index contributed by atoms with van der Waals surface area (Å²) in [5.74, 6) is 0. The molecule has 0 saturated carbocycles. The lowest BCUT2D eigenvalue weighted by atomic mass is 9.97. The van der Waals surface area contributed by atoms with Gasteiger partial charge in [0.2, 0.25) is 0 Å². The molecule has 0 radical (unpaired) electrons. The Morgan fingerprint density at radius 3 is 2.31 bits per heavy atom. The van der Waals surface area contributed by atoms with Crippen molar-refractivity contribution in [3.05, 3.63) is 72.3 Å². The number of rotatable bonds is 6. The molecule has 0 fully saturated rings. The summed E-state index contributed by atoms with van der Waals surface area (Å²) in [6, 6.07) is 6.51. The van der Waals surface area contributed by atoms with Crippen LogP contribution in [0.1, 0.15) is 40.8 Å². The summed E-state index contributed by atoms with van der Waals surface area (Å²) >= 11 is 0. The van der Waals surface area contributed by atoms with E-state index in [1.54, 1.807) is 6.92 Å². The number of aryl methyl sites for hydroxylation is 1. The van der Waals surface area contributed by atoms with E-state index in [-0.39, 0.29) is 28.5 Å². The van der Waals surface area contributed by atoms with Crippen LogP contribution in [0.25, 0.3) is 0 Å². The van der Waals surface area contributed by atoms with Gasteiger partial charge in [-0.1, -0.05) is 18.2 Å². The van der Waals surface area contributed by atoms with Crippen LogP contribution in [-0.4, -0.2) is 15.0 Å². The number of anilines is 1. The van der Waals surface area contributed by atoms with E-state index in [4.69, 9.17) is 0 Å². The molecule has 0 bridgehead atoms. The summed E-state index contributed by atoms with van der Waals surface area (Å²) in [5, 5.41) is 35.4. The predicted octanol–water partition coefficient (Wildman–Crippen LogP) is 4.09. The first-order chi connectivity index (χ1) is 12.2. The standard InChI is InChI=1S/C18H21N3O5/c1-10-6-5-7-15(11(10)2)13(4)19-17-16(20(23)24)8-14(9-22)12(3)18(17)21(25)26/h5-8,13,19,22H,9H2,1-4H3. The SMILES string of the molecule is Cc1cccc(C(C)Nc2c([N+](=O)[O-])cc(CO)c(C)c2[N+](=O)[O-])c1C. The van der Waals surface area contributed by atoms with Gasteiger partial charge in [-0.15, -0.1) is 0 Å². The van der Waals surface area contributed by atoms with Crippen LogP contribution < -0.4 is 5.32 Å². The molecule has 8 heteroatoms. The first-order valence-electron chi connectivity index (χ1n) is 8.07. The Bertz CT molecular complexity index is 880. The summed E-state index contributed by atoms with van der Waals surface area (Å²) in [6.45, 7) is 6.65. The van der Waals surface area contributed by atoms with Gasteiger partial charge in [0.25, 0.3) is 5.69 Å². The summed E-state index contributed by atoms with van der Waals surface area (Å²) in [6.07, 6.45) is 0. The molecular formula is C18H21N3O5. The molecule has 2 aromatic carbocycles. The zero-order chi connectivity index (χ0) is 19.6. The van der Waals surface area contributed by atoms with Crippen LogP contribution in [0, 0.1) is 41.0 Å². The third kappa shape index (κ3) is 3.50. The number of hydrogen-bond acceptors (Lipinski definition) is 6. The molecule has 138 valence electrons. The molecule has 0 spiro atoms. The van der Waals surface area contributed by atoms with E-state index < -0.39 is 22.1 Å². The molecule has 0 amide bonds. The molecule has 0 heterocycles. The van der Waals surface area contributed by atoms with Crippen LogP contribution in [-0.2, 0) is 6.61 Å². The van der Waals surface area contributed by atoms with Gasteiger partial charge in [0.05, 0.1) is 16.5 Å². The highest BCUT2D eigenvalue weighted by Gasteiger charge is 2.31. The summed E-state index contributed by atoms with van der Waals surface area (Å²) in [4.78, 5) is 21.7. The lowest BCUT2D eigenvalue weighted by Crippen LogP contribution is -2.13. The molecule has 1 atom stereocenters. The number of aliphatic hydroxyl groups excluding tert-OH is 1. The first kappa shape index (κ1) is 19.3. The molecule has 2 aromatic rings. The van der Waals surface area contributed by atoms with Crippen molar-refractivity contribution in [1.82, 2.24) is 0 Å². The van der Waals surface area contributed by atoms with Crippen molar-refractivity contribution in [2.45, 2.75) is 40.3 Å². The second-order valence-corrected chi connectivity index (χ2v) is 6.23. The minimum atomic E-state index is -0.677. The topological polar surface area (TPSA) is 119 Å². The molecule has 0 aliphatic heterocycles. The van der Waals surface area contributed by atoms with Gasteiger partial charge in [-0.3, -0.25) is 20.2 Å². The molecule has 0 aromatic heterocycles. The van der Waals surface area contributed by atoms with Crippen molar-refractivity contribution < 1.29 is 15.0 Å². The Hall–Kier alpha value is -3.00. The van der Waals surface area contributed by atoms with Crippen molar-refractivity contribution in [2.75, 3.05) is 5.32 Å². The Morgan fingerprint density at radius 2 is 1.77 bits per heavy atom. The van der Waals surface area contributed by atoms with E-state index in [1.165, 1.54) is 13.0 Å². The van der Waals surface area contributed by atoms with E-state index in [2.05, 4.69) is 5.32 Å². The highest BCUT2D eigenvalue weighted by Crippen LogP contribution is 2.41. The number of nitrogens with one attached hydrogen (secondary N) is 1. The van der Waals surface area contributed by atoms with Crippen molar-refractivity contribution >= 4 is 17.1 Å². The molecule has 2 N–H and O–H groups in total. The van der Waals surface area contributed by atoms with Crippen LogP contribution in [0.2, 0.25) is 0 Å². The van der Waals surface area contributed by atoms with Crippen LogP contribution in [0.5, 0.6) is 0 Å². The second kappa shape index (κ2) is 7.49. The molecule has 0 aliphatic rings. The molecule has 0 aliphatic carbocycles. The van der Waals surface area contributed by atoms with Crippen molar-refractivity contribution in [2.24, 2.45) is 0 Å². The van der Waals surface area contributed by atoms with Gasteiger partial charge in [-0.25, -0.2) is 0 Å². The Balaban J connectivity index is 2.64. The third-order valence-corrected chi connectivity index (χ3v) is 4.66. The maximum Gasteiger partial charge on any atom is 0.302 e. The van der Waals surface area contributed by atoms with Gasteiger partial charge in [0.1, 0.15) is 0 Å². The normalized spacial score (nSPS) is 11.9. The van der Waals surface area contributed by atoms with Gasteiger partial charge >= 0.3 is 5.69 Å². The van der Waals surface area contributed by atoms with Crippen LogP contribution >= 0.6 is 0 Å². The number of nitrogens with zero attached hydrogens (tertiary/aromatic N) is 2. The monoisotopic (exact) mass is 359 g/mol. The third-order valence-electron chi connectivity index (χ3n) is 4.66. The number of nitro benzene ring substituents is 2. The predicted molar refractivity (Wildman–Crippen MR) is 98.4 cm³/mol. The Labute approximate surface area is 150 Å². The fourth-order valence-electron chi connectivity index (χ4n) is 3.02. The smallest absolute Gasteiger partial charge is 0.302 e. The van der Waals surface area contributed by atoms with E-state index in [0.717, 1.165) is 16.7 Å². The largest absolute Gasteiger partial charge is 0.392 e. The van der Waals surface area contributed by atoms with Crippen molar-refractivity contribution in [3.8, 4) is 0 Å². The van der Waals surface area contributed by atoms with E-state index in [0.29, 0.717) is 0 Å². The zero-order valence-electron chi connectivity index (χ0n) is 15.1. The molecule has 26 heavy (non-hydrogen) atoms. The van der Waals surface area contributed by atoms with Crippen molar-refractivity contribution in [1.29, 1.82) is 0 Å².